The Morgan fingerprint density at radius 2 is 1.89 bits per heavy atom. The molecular weight excluding hydrogens is 248 g/mol. The predicted molar refractivity (Wildman–Crippen MR) is 74.7 cm³/mol. The summed E-state index contributed by atoms with van der Waals surface area (Å²) in [6.07, 6.45) is 1.61. The molecule has 0 spiro atoms. The second kappa shape index (κ2) is 5.57. The van der Waals surface area contributed by atoms with Crippen molar-refractivity contribution in [3.05, 3.63) is 34.9 Å². The summed E-state index contributed by atoms with van der Waals surface area (Å²) in [7, 11) is 0. The average Bonchev–Trinajstić information content (AvgIpc) is 2.34. The normalized spacial score (nSPS) is 21.8. The smallest absolute Gasteiger partial charge is 0.0644 e. The molecule has 1 aromatic rings. The molecule has 4 heteroatoms. The number of nitrogens with two attached hydrogens (primary N) is 1. The fourth-order valence-corrected chi connectivity index (χ4v) is 2.62. The van der Waals surface area contributed by atoms with E-state index in [4.69, 9.17) is 17.3 Å². The van der Waals surface area contributed by atoms with Crippen molar-refractivity contribution in [1.29, 1.82) is 0 Å². The van der Waals surface area contributed by atoms with Crippen LogP contribution in [0.3, 0.4) is 0 Å². The molecule has 3 nitrogen and oxygen atoms in total. The second-order valence-electron chi connectivity index (χ2n) is 5.34. The number of hydrogen-bond donors (Lipinski definition) is 2. The van der Waals surface area contributed by atoms with Crippen LogP contribution in [-0.2, 0) is 0 Å². The molecule has 0 amide bonds. The van der Waals surface area contributed by atoms with Crippen LogP contribution in [0.2, 0.25) is 5.02 Å². The van der Waals surface area contributed by atoms with Crippen LogP contribution in [0.15, 0.2) is 24.3 Å². The van der Waals surface area contributed by atoms with Crippen molar-refractivity contribution in [1.82, 2.24) is 4.90 Å². The Balaban J connectivity index is 2.08. The van der Waals surface area contributed by atoms with E-state index >= 15 is 0 Å². The van der Waals surface area contributed by atoms with Gasteiger partial charge in [0.1, 0.15) is 0 Å². The third-order valence-corrected chi connectivity index (χ3v) is 4.05. The zero-order chi connectivity index (χ0) is 13.2. The first kappa shape index (κ1) is 13.8. The highest BCUT2D eigenvalue weighted by atomic mass is 35.5. The van der Waals surface area contributed by atoms with E-state index < -0.39 is 5.60 Å². The topological polar surface area (TPSA) is 49.5 Å². The van der Waals surface area contributed by atoms with E-state index in [9.17, 15) is 5.11 Å². The molecule has 0 aliphatic carbocycles. The summed E-state index contributed by atoms with van der Waals surface area (Å²) in [6.45, 7) is 4.27. The maximum Gasteiger partial charge on any atom is 0.0644 e. The summed E-state index contributed by atoms with van der Waals surface area (Å²) in [6, 6.07) is 8.09. The van der Waals surface area contributed by atoms with E-state index in [1.54, 1.807) is 0 Å². The van der Waals surface area contributed by atoms with Crippen LogP contribution in [0.25, 0.3) is 0 Å². The molecule has 0 bridgehead atoms. The van der Waals surface area contributed by atoms with Crippen molar-refractivity contribution in [3.63, 3.8) is 0 Å². The summed E-state index contributed by atoms with van der Waals surface area (Å²) in [5.41, 5.74) is 6.58. The number of aliphatic hydroxyl groups is 1. The maximum atomic E-state index is 9.98. The highest BCUT2D eigenvalue weighted by molar-refractivity contribution is 6.30. The summed E-state index contributed by atoms with van der Waals surface area (Å²) in [5, 5.41) is 10.7. The first-order valence-electron chi connectivity index (χ1n) is 6.44. The average molecular weight is 269 g/mol. The van der Waals surface area contributed by atoms with E-state index in [-0.39, 0.29) is 6.04 Å². The molecule has 1 aliphatic heterocycles. The molecule has 1 saturated heterocycles. The van der Waals surface area contributed by atoms with Crippen LogP contribution in [0.5, 0.6) is 0 Å². The van der Waals surface area contributed by atoms with Gasteiger partial charge in [-0.15, -0.1) is 0 Å². The Morgan fingerprint density at radius 1 is 1.33 bits per heavy atom. The standard InChI is InChI=1S/C14H21ClN2O/c1-14(18)6-8-17(9-7-14)13(10-16)11-2-4-12(15)5-3-11/h2-5,13,18H,6-10,16H2,1H3. The molecule has 2 rings (SSSR count). The van der Waals surface area contributed by atoms with E-state index in [0.717, 1.165) is 31.0 Å². The number of piperidine rings is 1. The largest absolute Gasteiger partial charge is 0.390 e. The molecular formula is C14H21ClN2O. The monoisotopic (exact) mass is 268 g/mol. The molecule has 3 N–H and O–H groups in total. The van der Waals surface area contributed by atoms with Crippen LogP contribution in [-0.4, -0.2) is 35.2 Å². The van der Waals surface area contributed by atoms with Crippen molar-refractivity contribution < 1.29 is 5.11 Å². The molecule has 1 fully saturated rings. The summed E-state index contributed by atoms with van der Waals surface area (Å²) in [5.74, 6) is 0. The van der Waals surface area contributed by atoms with Crippen molar-refractivity contribution in [2.45, 2.75) is 31.4 Å². The highest BCUT2D eigenvalue weighted by Gasteiger charge is 2.30. The van der Waals surface area contributed by atoms with Crippen LogP contribution in [0, 0.1) is 0 Å². The first-order valence-corrected chi connectivity index (χ1v) is 6.81. The van der Waals surface area contributed by atoms with Gasteiger partial charge in [-0.2, -0.15) is 0 Å². The predicted octanol–water partition coefficient (Wildman–Crippen LogP) is 2.19. The van der Waals surface area contributed by atoms with Gasteiger partial charge in [-0.1, -0.05) is 23.7 Å². The van der Waals surface area contributed by atoms with E-state index in [2.05, 4.69) is 4.90 Å². The lowest BCUT2D eigenvalue weighted by Gasteiger charge is -2.40. The number of benzene rings is 1. The van der Waals surface area contributed by atoms with Crippen LogP contribution in [0.4, 0.5) is 0 Å². The lowest BCUT2D eigenvalue weighted by atomic mass is 9.92. The van der Waals surface area contributed by atoms with Gasteiger partial charge in [0, 0.05) is 30.7 Å². The van der Waals surface area contributed by atoms with Crippen molar-refractivity contribution in [3.8, 4) is 0 Å². The van der Waals surface area contributed by atoms with Gasteiger partial charge in [0.15, 0.2) is 0 Å². The SMILES string of the molecule is CC1(O)CCN(C(CN)c2ccc(Cl)cc2)CC1. The summed E-state index contributed by atoms with van der Waals surface area (Å²) in [4.78, 5) is 2.35. The summed E-state index contributed by atoms with van der Waals surface area (Å²) < 4.78 is 0. The molecule has 1 atom stereocenters. The molecule has 1 unspecified atom stereocenters. The van der Waals surface area contributed by atoms with Crippen molar-refractivity contribution in [2.24, 2.45) is 5.73 Å². The van der Waals surface area contributed by atoms with Gasteiger partial charge in [-0.25, -0.2) is 0 Å². The number of halogens is 1. The van der Waals surface area contributed by atoms with E-state index in [1.807, 2.05) is 31.2 Å². The highest BCUT2D eigenvalue weighted by Crippen LogP contribution is 2.28. The fraction of sp³-hybridized carbons (Fsp3) is 0.571. The zero-order valence-electron chi connectivity index (χ0n) is 10.8. The summed E-state index contributed by atoms with van der Waals surface area (Å²) >= 11 is 5.90. The maximum absolute atomic E-state index is 9.98. The minimum absolute atomic E-state index is 0.221. The van der Waals surface area contributed by atoms with Gasteiger partial charge in [-0.3, -0.25) is 4.90 Å². The lowest BCUT2D eigenvalue weighted by Crippen LogP contribution is -2.45. The van der Waals surface area contributed by atoms with Gasteiger partial charge in [0.2, 0.25) is 0 Å². The van der Waals surface area contributed by atoms with E-state index in [0.29, 0.717) is 6.54 Å². The van der Waals surface area contributed by atoms with Crippen molar-refractivity contribution >= 4 is 11.6 Å². The van der Waals surface area contributed by atoms with Crippen LogP contribution < -0.4 is 5.73 Å². The Bertz CT molecular complexity index is 381. The molecule has 0 radical (unpaired) electrons. The Labute approximate surface area is 114 Å². The minimum Gasteiger partial charge on any atom is -0.390 e. The van der Waals surface area contributed by atoms with E-state index in [1.165, 1.54) is 5.56 Å². The number of nitrogens with zero attached hydrogens (tertiary/aromatic N) is 1. The Morgan fingerprint density at radius 3 is 2.39 bits per heavy atom. The number of hydrogen-bond acceptors (Lipinski definition) is 3. The van der Waals surface area contributed by atoms with Gasteiger partial charge in [0.05, 0.1) is 5.60 Å². The van der Waals surface area contributed by atoms with Gasteiger partial charge >= 0.3 is 0 Å². The molecule has 0 saturated carbocycles. The number of rotatable bonds is 3. The fourth-order valence-electron chi connectivity index (χ4n) is 2.50. The first-order chi connectivity index (χ1) is 8.52. The Hall–Kier alpha value is -0.610. The zero-order valence-corrected chi connectivity index (χ0v) is 11.5. The quantitative estimate of drug-likeness (QED) is 0.884. The molecule has 18 heavy (non-hydrogen) atoms. The molecule has 1 aromatic carbocycles. The van der Waals surface area contributed by atoms with Crippen LogP contribution in [0.1, 0.15) is 31.4 Å². The van der Waals surface area contributed by atoms with Gasteiger partial charge in [0.25, 0.3) is 0 Å². The van der Waals surface area contributed by atoms with Gasteiger partial charge < -0.3 is 10.8 Å². The molecule has 0 aromatic heterocycles. The lowest BCUT2D eigenvalue weighted by molar-refractivity contribution is -0.0160. The minimum atomic E-state index is -0.518. The second-order valence-corrected chi connectivity index (χ2v) is 5.77. The third-order valence-electron chi connectivity index (χ3n) is 3.79. The van der Waals surface area contributed by atoms with Crippen LogP contribution >= 0.6 is 11.6 Å². The Kier molecular flexibility index (Phi) is 4.28. The number of likely N-dealkylation sites (tertiary alicyclic amines) is 1. The molecule has 1 heterocycles. The van der Waals surface area contributed by atoms with Gasteiger partial charge in [-0.05, 0) is 37.5 Å². The third kappa shape index (κ3) is 3.23. The van der Waals surface area contributed by atoms with Crippen molar-refractivity contribution in [2.75, 3.05) is 19.6 Å². The molecule has 1 aliphatic rings. The molecule has 100 valence electrons.